The van der Waals surface area contributed by atoms with Crippen LogP contribution in [0.25, 0.3) is 0 Å². The lowest BCUT2D eigenvalue weighted by molar-refractivity contribution is -0.120. The second-order valence-corrected chi connectivity index (χ2v) is 6.08. The number of benzene rings is 1. The van der Waals surface area contributed by atoms with Crippen molar-refractivity contribution in [3.63, 3.8) is 0 Å². The molecule has 2 fully saturated rings. The maximum Gasteiger partial charge on any atom is 0.230 e. The van der Waals surface area contributed by atoms with Crippen LogP contribution in [0.4, 0.5) is 5.69 Å². The van der Waals surface area contributed by atoms with E-state index in [0.717, 1.165) is 25.3 Å². The van der Waals surface area contributed by atoms with E-state index in [1.54, 1.807) is 0 Å². The van der Waals surface area contributed by atoms with Gasteiger partial charge in [0, 0.05) is 31.2 Å². The topological polar surface area (TPSA) is 32.3 Å². The molecule has 4 rings (SSSR count). The number of amides is 1. The molecule has 1 aromatic carbocycles. The highest BCUT2D eigenvalue weighted by Crippen LogP contribution is 2.58. The minimum absolute atomic E-state index is 0.333. The summed E-state index contributed by atoms with van der Waals surface area (Å²) >= 11 is 0. The summed E-state index contributed by atoms with van der Waals surface area (Å²) in [5.74, 6) is 2.12. The molecule has 2 atom stereocenters. The quantitative estimate of drug-likeness (QED) is 0.835. The number of hydrogen-bond acceptors (Lipinski definition) is 2. The molecule has 3 aliphatic rings. The summed E-state index contributed by atoms with van der Waals surface area (Å²) in [6.45, 7) is 2.58. The lowest BCUT2D eigenvalue weighted by Gasteiger charge is -2.23. The van der Waals surface area contributed by atoms with Crippen molar-refractivity contribution in [2.24, 2.45) is 17.8 Å². The Bertz CT molecular complexity index is 503. The Morgan fingerprint density at radius 1 is 1.21 bits per heavy atom. The van der Waals surface area contributed by atoms with Crippen molar-refractivity contribution >= 4 is 11.6 Å². The Morgan fingerprint density at radius 2 is 2.00 bits per heavy atom. The molecule has 2 unspecified atom stereocenters. The molecule has 2 saturated carbocycles. The first-order valence-corrected chi connectivity index (χ1v) is 7.46. The number of fused-ring (bicyclic) bond motifs is 2. The van der Waals surface area contributed by atoms with Crippen LogP contribution in [0.2, 0.25) is 0 Å². The van der Waals surface area contributed by atoms with Gasteiger partial charge >= 0.3 is 0 Å². The molecule has 0 spiro atoms. The van der Waals surface area contributed by atoms with Gasteiger partial charge in [-0.1, -0.05) is 24.6 Å². The number of anilines is 1. The third-order valence-corrected chi connectivity index (χ3v) is 5.07. The van der Waals surface area contributed by atoms with Gasteiger partial charge in [0.05, 0.1) is 0 Å². The summed E-state index contributed by atoms with van der Waals surface area (Å²) in [7, 11) is 0. The highest BCUT2D eigenvalue weighted by Gasteiger charge is 2.57. The van der Waals surface area contributed by atoms with Crippen LogP contribution in [-0.4, -0.2) is 19.0 Å². The molecule has 3 nitrogen and oxygen atoms in total. The number of carbonyl (C=O) groups excluding carboxylic acids is 1. The van der Waals surface area contributed by atoms with E-state index in [-0.39, 0.29) is 0 Å². The Morgan fingerprint density at radius 3 is 2.84 bits per heavy atom. The van der Waals surface area contributed by atoms with E-state index < -0.39 is 0 Å². The number of rotatable bonds is 1. The normalized spacial score (nSPS) is 32.4. The molecule has 1 heterocycles. The Kier molecular flexibility index (Phi) is 2.62. The molecular weight excluding hydrogens is 236 g/mol. The van der Waals surface area contributed by atoms with Gasteiger partial charge in [-0.15, -0.1) is 0 Å². The summed E-state index contributed by atoms with van der Waals surface area (Å²) in [5.41, 5.74) is 2.38. The average Bonchev–Trinajstić information content (AvgIpc) is 3.02. The Hall–Kier alpha value is -1.35. The van der Waals surface area contributed by atoms with Gasteiger partial charge in [-0.25, -0.2) is 0 Å². The SMILES string of the molecule is O=C(C1C2CCCC21)N1CCNCc2ccccc21. The molecule has 19 heavy (non-hydrogen) atoms. The van der Waals surface area contributed by atoms with Gasteiger partial charge < -0.3 is 10.2 Å². The maximum atomic E-state index is 12.8. The summed E-state index contributed by atoms with van der Waals surface area (Å²) in [5, 5.41) is 3.40. The molecule has 0 bridgehead atoms. The van der Waals surface area contributed by atoms with E-state index in [2.05, 4.69) is 23.5 Å². The zero-order valence-corrected chi connectivity index (χ0v) is 11.1. The molecule has 1 aromatic rings. The van der Waals surface area contributed by atoms with Crippen LogP contribution in [0.3, 0.4) is 0 Å². The first-order chi connectivity index (χ1) is 9.36. The smallest absolute Gasteiger partial charge is 0.230 e. The van der Waals surface area contributed by atoms with Gasteiger partial charge in [-0.05, 0) is 36.3 Å². The second kappa shape index (κ2) is 4.34. The van der Waals surface area contributed by atoms with Gasteiger partial charge in [-0.2, -0.15) is 0 Å². The molecule has 0 aromatic heterocycles. The summed E-state index contributed by atoms with van der Waals surface area (Å²) in [4.78, 5) is 14.8. The number of hydrogen-bond donors (Lipinski definition) is 1. The van der Waals surface area contributed by atoms with Crippen LogP contribution >= 0.6 is 0 Å². The average molecular weight is 256 g/mol. The molecule has 1 amide bonds. The van der Waals surface area contributed by atoms with E-state index in [9.17, 15) is 4.79 Å². The van der Waals surface area contributed by atoms with Gasteiger partial charge in [0.2, 0.25) is 5.91 Å². The number of nitrogens with zero attached hydrogens (tertiary/aromatic N) is 1. The van der Waals surface area contributed by atoms with Crippen molar-refractivity contribution in [1.29, 1.82) is 0 Å². The fraction of sp³-hybridized carbons (Fsp3) is 0.562. The summed E-state index contributed by atoms with van der Waals surface area (Å²) in [6, 6.07) is 8.32. The van der Waals surface area contributed by atoms with Crippen LogP contribution < -0.4 is 10.2 Å². The fourth-order valence-electron chi connectivity index (χ4n) is 4.05. The third-order valence-electron chi connectivity index (χ3n) is 5.07. The lowest BCUT2D eigenvalue weighted by atomic mass is 10.1. The minimum Gasteiger partial charge on any atom is -0.311 e. The fourth-order valence-corrected chi connectivity index (χ4v) is 4.05. The third kappa shape index (κ3) is 1.79. The van der Waals surface area contributed by atoms with Gasteiger partial charge in [-0.3, -0.25) is 4.79 Å². The predicted octanol–water partition coefficient (Wildman–Crippen LogP) is 2.17. The molecular formula is C16H20N2O. The Labute approximate surface area is 114 Å². The molecule has 100 valence electrons. The van der Waals surface area contributed by atoms with Crippen molar-refractivity contribution in [2.75, 3.05) is 18.0 Å². The van der Waals surface area contributed by atoms with Crippen LogP contribution in [0.15, 0.2) is 24.3 Å². The summed E-state index contributed by atoms with van der Waals surface area (Å²) < 4.78 is 0. The van der Waals surface area contributed by atoms with Crippen LogP contribution in [-0.2, 0) is 11.3 Å². The first kappa shape index (κ1) is 11.5. The van der Waals surface area contributed by atoms with E-state index in [4.69, 9.17) is 0 Å². The molecule has 0 saturated heterocycles. The van der Waals surface area contributed by atoms with Crippen molar-refractivity contribution in [2.45, 2.75) is 25.8 Å². The standard InChI is InChI=1S/C16H20N2O/c19-16(15-12-5-3-6-13(12)15)18-9-8-17-10-11-4-1-2-7-14(11)18/h1-2,4,7,12-13,15,17H,3,5-6,8-10H2. The zero-order valence-electron chi connectivity index (χ0n) is 11.1. The number of carbonyl (C=O) groups is 1. The van der Waals surface area contributed by atoms with E-state index in [1.165, 1.54) is 24.8 Å². The highest BCUT2D eigenvalue weighted by atomic mass is 16.2. The van der Waals surface area contributed by atoms with Crippen molar-refractivity contribution in [3.8, 4) is 0 Å². The van der Waals surface area contributed by atoms with Gasteiger partial charge in [0.1, 0.15) is 0 Å². The van der Waals surface area contributed by atoms with Crippen molar-refractivity contribution in [3.05, 3.63) is 29.8 Å². The maximum absolute atomic E-state index is 12.8. The highest BCUT2D eigenvalue weighted by molar-refractivity contribution is 5.98. The number of para-hydroxylation sites is 1. The molecule has 1 aliphatic heterocycles. The molecule has 3 heteroatoms. The van der Waals surface area contributed by atoms with Gasteiger partial charge in [0.25, 0.3) is 0 Å². The minimum atomic E-state index is 0.333. The van der Waals surface area contributed by atoms with Crippen LogP contribution in [0.1, 0.15) is 24.8 Å². The molecule has 2 aliphatic carbocycles. The van der Waals surface area contributed by atoms with E-state index in [1.807, 2.05) is 11.0 Å². The lowest BCUT2D eigenvalue weighted by Crippen LogP contribution is -2.36. The van der Waals surface area contributed by atoms with Crippen LogP contribution in [0, 0.1) is 17.8 Å². The Balaban J connectivity index is 1.62. The molecule has 1 N–H and O–H groups in total. The second-order valence-electron chi connectivity index (χ2n) is 6.08. The van der Waals surface area contributed by atoms with Crippen molar-refractivity contribution < 1.29 is 4.79 Å². The van der Waals surface area contributed by atoms with E-state index >= 15 is 0 Å². The largest absolute Gasteiger partial charge is 0.311 e. The monoisotopic (exact) mass is 256 g/mol. The summed E-state index contributed by atoms with van der Waals surface area (Å²) in [6.07, 6.45) is 3.88. The number of nitrogens with one attached hydrogen (secondary N) is 1. The van der Waals surface area contributed by atoms with E-state index in [0.29, 0.717) is 23.7 Å². The van der Waals surface area contributed by atoms with Crippen LogP contribution in [0.5, 0.6) is 0 Å². The first-order valence-electron chi connectivity index (χ1n) is 7.46. The predicted molar refractivity (Wildman–Crippen MR) is 74.8 cm³/mol. The zero-order chi connectivity index (χ0) is 12.8. The van der Waals surface area contributed by atoms with Crippen molar-refractivity contribution in [1.82, 2.24) is 5.32 Å². The van der Waals surface area contributed by atoms with Gasteiger partial charge in [0.15, 0.2) is 0 Å². The molecule has 0 radical (unpaired) electrons.